The molecule has 118 valence electrons. The van der Waals surface area contributed by atoms with Crippen LogP contribution in [0.2, 0.25) is 0 Å². The molecule has 3 nitrogen and oxygen atoms in total. The zero-order valence-corrected chi connectivity index (χ0v) is 13.9. The van der Waals surface area contributed by atoms with Gasteiger partial charge >= 0.3 is 0 Å². The van der Waals surface area contributed by atoms with Crippen molar-refractivity contribution < 1.29 is 4.79 Å². The van der Waals surface area contributed by atoms with Gasteiger partial charge in [-0.2, -0.15) is 0 Å². The highest BCUT2D eigenvalue weighted by molar-refractivity contribution is 5.76. The number of carbonyl (C=O) groups excluding carboxylic acids is 1. The van der Waals surface area contributed by atoms with Crippen LogP contribution in [0.4, 0.5) is 0 Å². The number of nitrogens with zero attached hydrogens (tertiary/aromatic N) is 1. The SMILES string of the molecule is CN(CCCc1ccccc1)C(=O)CC(N)CC(C)(C)C. The maximum Gasteiger partial charge on any atom is 0.223 e. The fraction of sp³-hybridized carbons (Fsp3) is 0.611. The molecule has 0 aliphatic carbocycles. The number of hydrogen-bond acceptors (Lipinski definition) is 2. The first-order valence-corrected chi connectivity index (χ1v) is 7.81. The molecule has 1 aromatic carbocycles. The third-order valence-electron chi connectivity index (χ3n) is 3.54. The average molecular weight is 290 g/mol. The molecule has 0 saturated carbocycles. The van der Waals surface area contributed by atoms with Gasteiger partial charge in [-0.1, -0.05) is 51.1 Å². The third-order valence-corrected chi connectivity index (χ3v) is 3.54. The van der Waals surface area contributed by atoms with Crippen molar-refractivity contribution in [3.05, 3.63) is 35.9 Å². The van der Waals surface area contributed by atoms with Gasteiger partial charge in [0.05, 0.1) is 0 Å². The fourth-order valence-corrected chi connectivity index (χ4v) is 2.53. The number of aryl methyl sites for hydroxylation is 1. The molecule has 2 N–H and O–H groups in total. The van der Waals surface area contributed by atoms with E-state index in [0.29, 0.717) is 6.42 Å². The molecule has 0 radical (unpaired) electrons. The number of benzene rings is 1. The van der Waals surface area contributed by atoms with Gasteiger partial charge < -0.3 is 10.6 Å². The van der Waals surface area contributed by atoms with Gasteiger partial charge in [-0.3, -0.25) is 4.79 Å². The first kappa shape index (κ1) is 17.7. The van der Waals surface area contributed by atoms with Crippen molar-refractivity contribution in [3.8, 4) is 0 Å². The largest absolute Gasteiger partial charge is 0.346 e. The van der Waals surface area contributed by atoms with E-state index in [4.69, 9.17) is 5.73 Å². The van der Waals surface area contributed by atoms with E-state index in [9.17, 15) is 4.79 Å². The normalized spacial score (nSPS) is 13.0. The summed E-state index contributed by atoms with van der Waals surface area (Å²) in [7, 11) is 1.87. The lowest BCUT2D eigenvalue weighted by Gasteiger charge is -2.25. The number of carbonyl (C=O) groups is 1. The zero-order valence-electron chi connectivity index (χ0n) is 13.9. The molecule has 0 heterocycles. The Kier molecular flexibility index (Phi) is 6.90. The van der Waals surface area contributed by atoms with Crippen LogP contribution in [-0.2, 0) is 11.2 Å². The molecule has 0 spiro atoms. The maximum atomic E-state index is 12.1. The Hall–Kier alpha value is -1.35. The number of amides is 1. The summed E-state index contributed by atoms with van der Waals surface area (Å²) >= 11 is 0. The zero-order chi connectivity index (χ0) is 15.9. The van der Waals surface area contributed by atoms with Crippen molar-refractivity contribution in [2.24, 2.45) is 11.1 Å². The standard InChI is InChI=1S/C18H30N2O/c1-18(2,3)14-16(19)13-17(21)20(4)12-8-11-15-9-6-5-7-10-15/h5-7,9-10,16H,8,11-14,19H2,1-4H3. The highest BCUT2D eigenvalue weighted by Crippen LogP contribution is 2.21. The van der Waals surface area contributed by atoms with E-state index in [2.05, 4.69) is 45.0 Å². The van der Waals surface area contributed by atoms with Crippen LogP contribution in [0.5, 0.6) is 0 Å². The van der Waals surface area contributed by atoms with Gasteiger partial charge in [0, 0.05) is 26.1 Å². The fourth-order valence-electron chi connectivity index (χ4n) is 2.53. The number of nitrogens with two attached hydrogens (primary N) is 1. The smallest absolute Gasteiger partial charge is 0.223 e. The quantitative estimate of drug-likeness (QED) is 0.838. The third kappa shape index (κ3) is 7.86. The highest BCUT2D eigenvalue weighted by atomic mass is 16.2. The van der Waals surface area contributed by atoms with Crippen LogP contribution < -0.4 is 5.73 Å². The van der Waals surface area contributed by atoms with Crippen molar-refractivity contribution >= 4 is 5.91 Å². The van der Waals surface area contributed by atoms with E-state index in [1.54, 1.807) is 0 Å². The molecule has 0 aromatic heterocycles. The van der Waals surface area contributed by atoms with Crippen molar-refractivity contribution in [1.29, 1.82) is 0 Å². The molecule has 0 aliphatic rings. The van der Waals surface area contributed by atoms with Crippen LogP contribution in [0.1, 0.15) is 45.6 Å². The second-order valence-electron chi connectivity index (χ2n) is 7.13. The molecule has 1 rings (SSSR count). The molecule has 0 saturated heterocycles. The van der Waals surface area contributed by atoms with Gasteiger partial charge in [0.25, 0.3) is 0 Å². The average Bonchev–Trinajstić information content (AvgIpc) is 2.37. The highest BCUT2D eigenvalue weighted by Gasteiger charge is 2.19. The summed E-state index contributed by atoms with van der Waals surface area (Å²) in [5.41, 5.74) is 7.56. The minimum atomic E-state index is -0.0472. The van der Waals surface area contributed by atoms with Gasteiger partial charge in [0.15, 0.2) is 0 Å². The molecule has 3 heteroatoms. The number of rotatable bonds is 7. The second-order valence-corrected chi connectivity index (χ2v) is 7.13. The Labute approximate surface area is 129 Å². The van der Waals surface area contributed by atoms with Crippen molar-refractivity contribution in [3.63, 3.8) is 0 Å². The maximum absolute atomic E-state index is 12.1. The van der Waals surface area contributed by atoms with Crippen molar-refractivity contribution in [1.82, 2.24) is 4.90 Å². The van der Waals surface area contributed by atoms with Crippen LogP contribution >= 0.6 is 0 Å². The van der Waals surface area contributed by atoms with Gasteiger partial charge in [0.2, 0.25) is 5.91 Å². The van der Waals surface area contributed by atoms with Crippen molar-refractivity contribution in [2.75, 3.05) is 13.6 Å². The van der Waals surface area contributed by atoms with Gasteiger partial charge in [-0.15, -0.1) is 0 Å². The summed E-state index contributed by atoms with van der Waals surface area (Å²) in [6, 6.07) is 10.3. The van der Waals surface area contributed by atoms with Gasteiger partial charge in [0.1, 0.15) is 0 Å². The predicted octanol–water partition coefficient (Wildman–Crippen LogP) is 3.23. The molecule has 1 atom stereocenters. The van der Waals surface area contributed by atoms with Crippen LogP contribution in [0.25, 0.3) is 0 Å². The minimum absolute atomic E-state index is 0.0472. The lowest BCUT2D eigenvalue weighted by molar-refractivity contribution is -0.130. The molecule has 0 aliphatic heterocycles. The molecule has 0 fully saturated rings. The monoisotopic (exact) mass is 290 g/mol. The van der Waals surface area contributed by atoms with Crippen LogP contribution in [0, 0.1) is 5.41 Å². The Morgan fingerprint density at radius 1 is 1.24 bits per heavy atom. The molecule has 1 unspecified atom stereocenters. The van der Waals surface area contributed by atoms with E-state index in [0.717, 1.165) is 25.8 Å². The molecule has 0 bridgehead atoms. The van der Waals surface area contributed by atoms with E-state index in [-0.39, 0.29) is 17.4 Å². The first-order valence-electron chi connectivity index (χ1n) is 7.81. The summed E-state index contributed by atoms with van der Waals surface area (Å²) < 4.78 is 0. The Morgan fingerprint density at radius 2 is 1.86 bits per heavy atom. The summed E-state index contributed by atoms with van der Waals surface area (Å²) in [5, 5.41) is 0. The van der Waals surface area contributed by atoms with E-state index in [1.165, 1.54) is 5.56 Å². The van der Waals surface area contributed by atoms with Gasteiger partial charge in [-0.05, 0) is 30.2 Å². The summed E-state index contributed by atoms with van der Waals surface area (Å²) in [4.78, 5) is 13.9. The Balaban J connectivity index is 2.28. The van der Waals surface area contributed by atoms with Crippen LogP contribution in [-0.4, -0.2) is 30.4 Å². The van der Waals surface area contributed by atoms with E-state index < -0.39 is 0 Å². The first-order chi connectivity index (χ1) is 9.78. The second kappa shape index (κ2) is 8.18. The summed E-state index contributed by atoms with van der Waals surface area (Å²) in [5.74, 6) is 0.153. The molecule has 1 aromatic rings. The molecular weight excluding hydrogens is 260 g/mol. The molecule has 21 heavy (non-hydrogen) atoms. The minimum Gasteiger partial charge on any atom is -0.346 e. The number of hydrogen-bond donors (Lipinski definition) is 1. The Bertz CT molecular complexity index is 423. The van der Waals surface area contributed by atoms with Crippen molar-refractivity contribution in [2.45, 2.75) is 52.5 Å². The topological polar surface area (TPSA) is 46.3 Å². The lowest BCUT2D eigenvalue weighted by atomic mass is 9.87. The Morgan fingerprint density at radius 3 is 2.43 bits per heavy atom. The van der Waals surface area contributed by atoms with Crippen LogP contribution in [0.15, 0.2) is 30.3 Å². The molecular formula is C18H30N2O. The summed E-state index contributed by atoms with van der Waals surface area (Å²) in [6.45, 7) is 7.25. The van der Waals surface area contributed by atoms with E-state index >= 15 is 0 Å². The van der Waals surface area contributed by atoms with E-state index in [1.807, 2.05) is 18.0 Å². The van der Waals surface area contributed by atoms with Crippen LogP contribution in [0.3, 0.4) is 0 Å². The predicted molar refractivity (Wildman–Crippen MR) is 89.1 cm³/mol. The molecule has 1 amide bonds. The lowest BCUT2D eigenvalue weighted by Crippen LogP contribution is -2.35. The summed E-state index contributed by atoms with van der Waals surface area (Å²) in [6.07, 6.45) is 3.31. The van der Waals surface area contributed by atoms with Gasteiger partial charge in [-0.25, -0.2) is 0 Å².